The van der Waals surface area contributed by atoms with Crippen molar-refractivity contribution in [3.05, 3.63) is 48.0 Å². The van der Waals surface area contributed by atoms with Crippen LogP contribution in [0.4, 0.5) is 0 Å². The lowest BCUT2D eigenvalue weighted by Crippen LogP contribution is -1.96. The summed E-state index contributed by atoms with van der Waals surface area (Å²) in [6.45, 7) is 0. The Kier molecular flexibility index (Phi) is 3.83. The van der Waals surface area contributed by atoms with Crippen molar-refractivity contribution in [1.29, 1.82) is 0 Å². The van der Waals surface area contributed by atoms with Crippen LogP contribution in [0.5, 0.6) is 0 Å². The molecule has 2 aromatic rings. The van der Waals surface area contributed by atoms with Crippen LogP contribution in [0, 0.1) is 0 Å². The van der Waals surface area contributed by atoms with Gasteiger partial charge in [0.2, 0.25) is 0 Å². The molecule has 0 heterocycles. The number of carbonyl (C=O) groups is 1. The number of carboxylic acid groups (broad SMARTS) is 1. The van der Waals surface area contributed by atoms with E-state index in [4.69, 9.17) is 10.2 Å². The summed E-state index contributed by atoms with van der Waals surface area (Å²) in [6, 6.07) is 12.7. The van der Waals surface area contributed by atoms with Gasteiger partial charge in [-0.15, -0.1) is 0 Å². The first-order valence-corrected chi connectivity index (χ1v) is 4.45. The van der Waals surface area contributed by atoms with Crippen LogP contribution in [0.2, 0.25) is 0 Å². The van der Waals surface area contributed by atoms with Crippen LogP contribution in [0.15, 0.2) is 42.5 Å². The SMILES string of the molecule is CO.O=C(O)c1cccc2ccccc12. The second-order valence-corrected chi connectivity index (χ2v) is 2.83. The van der Waals surface area contributed by atoms with Crippen LogP contribution in [0.3, 0.4) is 0 Å². The van der Waals surface area contributed by atoms with Crippen molar-refractivity contribution in [3.8, 4) is 0 Å². The Bertz CT molecular complexity index is 458. The fourth-order valence-corrected chi connectivity index (χ4v) is 1.41. The summed E-state index contributed by atoms with van der Waals surface area (Å²) in [4.78, 5) is 10.8. The highest BCUT2D eigenvalue weighted by Crippen LogP contribution is 2.17. The van der Waals surface area contributed by atoms with Gasteiger partial charge in [-0.05, 0) is 16.8 Å². The molecule has 0 bridgehead atoms. The molecular weight excluding hydrogens is 192 g/mol. The van der Waals surface area contributed by atoms with E-state index in [1.165, 1.54) is 0 Å². The van der Waals surface area contributed by atoms with Crippen LogP contribution in [0.25, 0.3) is 10.8 Å². The van der Waals surface area contributed by atoms with Gasteiger partial charge in [0, 0.05) is 7.11 Å². The average molecular weight is 204 g/mol. The smallest absolute Gasteiger partial charge is 0.336 e. The summed E-state index contributed by atoms with van der Waals surface area (Å²) < 4.78 is 0. The number of carboxylic acids is 1. The maximum atomic E-state index is 10.8. The number of aliphatic hydroxyl groups excluding tert-OH is 1. The van der Waals surface area contributed by atoms with Gasteiger partial charge in [0.05, 0.1) is 5.56 Å². The minimum atomic E-state index is -0.878. The number of hydrogen-bond donors (Lipinski definition) is 2. The van der Waals surface area contributed by atoms with Gasteiger partial charge in [-0.25, -0.2) is 4.79 Å². The summed E-state index contributed by atoms with van der Waals surface area (Å²) in [5.74, 6) is -0.878. The molecule has 0 spiro atoms. The maximum absolute atomic E-state index is 10.8. The number of fused-ring (bicyclic) bond motifs is 1. The van der Waals surface area contributed by atoms with E-state index in [9.17, 15) is 4.79 Å². The molecule has 15 heavy (non-hydrogen) atoms. The standard InChI is InChI=1S/C11H8O2.CH4O/c12-11(13)10-7-3-5-8-4-1-2-6-9(8)10;1-2/h1-7H,(H,12,13);2H,1H3. The predicted molar refractivity (Wildman–Crippen MR) is 59.1 cm³/mol. The molecule has 78 valence electrons. The molecule has 2 rings (SSSR count). The monoisotopic (exact) mass is 204 g/mol. The molecule has 2 N–H and O–H groups in total. The first kappa shape index (κ1) is 11.2. The molecule has 0 aliphatic rings. The Labute approximate surface area is 87.6 Å². The fraction of sp³-hybridized carbons (Fsp3) is 0.0833. The zero-order chi connectivity index (χ0) is 11.3. The molecule has 0 aromatic heterocycles. The van der Waals surface area contributed by atoms with Crippen molar-refractivity contribution >= 4 is 16.7 Å². The first-order valence-electron chi connectivity index (χ1n) is 4.45. The molecule has 0 amide bonds. The topological polar surface area (TPSA) is 57.5 Å². The van der Waals surface area contributed by atoms with E-state index in [1.54, 1.807) is 12.1 Å². The zero-order valence-corrected chi connectivity index (χ0v) is 8.34. The molecule has 0 fully saturated rings. The molecule has 2 aromatic carbocycles. The summed E-state index contributed by atoms with van der Waals surface area (Å²) in [7, 11) is 1.00. The molecule has 3 nitrogen and oxygen atoms in total. The van der Waals surface area contributed by atoms with E-state index in [2.05, 4.69) is 0 Å². The average Bonchev–Trinajstić information content (AvgIpc) is 2.31. The van der Waals surface area contributed by atoms with E-state index in [0.29, 0.717) is 5.56 Å². The lowest BCUT2D eigenvalue weighted by molar-refractivity contribution is 0.0699. The van der Waals surface area contributed by atoms with E-state index < -0.39 is 5.97 Å². The molecule has 3 heteroatoms. The Morgan fingerprint density at radius 1 is 1.00 bits per heavy atom. The van der Waals surface area contributed by atoms with Gasteiger partial charge in [-0.2, -0.15) is 0 Å². The van der Waals surface area contributed by atoms with Gasteiger partial charge in [-0.3, -0.25) is 0 Å². The van der Waals surface area contributed by atoms with Gasteiger partial charge < -0.3 is 10.2 Å². The molecule has 0 saturated carbocycles. The molecule has 0 unspecified atom stereocenters. The summed E-state index contributed by atoms with van der Waals surface area (Å²) in [5, 5.41) is 17.6. The molecule has 0 aliphatic carbocycles. The Balaban J connectivity index is 0.000000531. The molecule has 0 radical (unpaired) electrons. The van der Waals surface area contributed by atoms with E-state index in [0.717, 1.165) is 17.9 Å². The summed E-state index contributed by atoms with van der Waals surface area (Å²) in [5.41, 5.74) is 0.359. The fourth-order valence-electron chi connectivity index (χ4n) is 1.41. The van der Waals surface area contributed by atoms with Crippen molar-refractivity contribution in [2.24, 2.45) is 0 Å². The third-order valence-corrected chi connectivity index (χ3v) is 2.02. The van der Waals surface area contributed by atoms with Crippen molar-refractivity contribution in [1.82, 2.24) is 0 Å². The predicted octanol–water partition coefficient (Wildman–Crippen LogP) is 2.15. The maximum Gasteiger partial charge on any atom is 0.336 e. The van der Waals surface area contributed by atoms with Gasteiger partial charge in [0.1, 0.15) is 0 Å². The van der Waals surface area contributed by atoms with Crippen molar-refractivity contribution < 1.29 is 15.0 Å². The highest BCUT2D eigenvalue weighted by Gasteiger charge is 2.05. The highest BCUT2D eigenvalue weighted by atomic mass is 16.4. The van der Waals surface area contributed by atoms with Crippen LogP contribution >= 0.6 is 0 Å². The van der Waals surface area contributed by atoms with E-state index in [1.807, 2.05) is 30.3 Å². The van der Waals surface area contributed by atoms with Gasteiger partial charge >= 0.3 is 5.97 Å². The van der Waals surface area contributed by atoms with E-state index >= 15 is 0 Å². The quantitative estimate of drug-likeness (QED) is 0.748. The van der Waals surface area contributed by atoms with Crippen LogP contribution in [0.1, 0.15) is 10.4 Å². The number of benzene rings is 2. The third-order valence-electron chi connectivity index (χ3n) is 2.02. The van der Waals surface area contributed by atoms with Crippen LogP contribution < -0.4 is 0 Å². The van der Waals surface area contributed by atoms with Gasteiger partial charge in [0.25, 0.3) is 0 Å². The Morgan fingerprint density at radius 3 is 2.27 bits per heavy atom. The highest BCUT2D eigenvalue weighted by molar-refractivity contribution is 6.03. The zero-order valence-electron chi connectivity index (χ0n) is 8.34. The van der Waals surface area contributed by atoms with Crippen molar-refractivity contribution in [2.45, 2.75) is 0 Å². The van der Waals surface area contributed by atoms with Gasteiger partial charge in [0.15, 0.2) is 0 Å². The largest absolute Gasteiger partial charge is 0.478 e. The van der Waals surface area contributed by atoms with Crippen molar-refractivity contribution in [3.63, 3.8) is 0 Å². The molecule has 0 saturated heterocycles. The molecule has 0 aliphatic heterocycles. The van der Waals surface area contributed by atoms with Crippen molar-refractivity contribution in [2.75, 3.05) is 7.11 Å². The first-order chi connectivity index (χ1) is 7.29. The number of hydrogen-bond acceptors (Lipinski definition) is 2. The number of rotatable bonds is 1. The normalized spacial score (nSPS) is 9.20. The number of aliphatic hydroxyl groups is 1. The Morgan fingerprint density at radius 2 is 1.60 bits per heavy atom. The molecule has 0 atom stereocenters. The third kappa shape index (κ3) is 2.33. The Hall–Kier alpha value is -1.87. The summed E-state index contributed by atoms with van der Waals surface area (Å²) in [6.07, 6.45) is 0. The lowest BCUT2D eigenvalue weighted by atomic mass is 10.1. The minimum Gasteiger partial charge on any atom is -0.478 e. The second kappa shape index (κ2) is 5.12. The van der Waals surface area contributed by atoms with Crippen LogP contribution in [-0.2, 0) is 0 Å². The van der Waals surface area contributed by atoms with Crippen LogP contribution in [-0.4, -0.2) is 23.3 Å². The van der Waals surface area contributed by atoms with E-state index in [-0.39, 0.29) is 0 Å². The summed E-state index contributed by atoms with van der Waals surface area (Å²) >= 11 is 0. The number of aromatic carboxylic acids is 1. The molecular formula is C12H12O3. The minimum absolute atomic E-state index is 0.359. The second-order valence-electron chi connectivity index (χ2n) is 2.83. The lowest BCUT2D eigenvalue weighted by Gasteiger charge is -2.00. The van der Waals surface area contributed by atoms with Gasteiger partial charge in [-0.1, -0.05) is 36.4 Å².